The lowest BCUT2D eigenvalue weighted by molar-refractivity contribution is 0.271. The number of nitrogen functional groups attached to an aromatic ring is 1. The molecular weight excluding hydrogens is 222 g/mol. The van der Waals surface area contributed by atoms with Gasteiger partial charge in [0, 0.05) is 23.6 Å². The van der Waals surface area contributed by atoms with E-state index in [1.807, 2.05) is 12.3 Å². The predicted molar refractivity (Wildman–Crippen MR) is 74.3 cm³/mol. The smallest absolute Gasteiger partial charge is 0.0378 e. The Hall–Kier alpha value is -1.09. The van der Waals surface area contributed by atoms with E-state index in [1.165, 1.54) is 44.1 Å². The maximum absolute atomic E-state index is 6.09. The number of hydrogen-bond donors (Lipinski definition) is 2. The minimum atomic E-state index is 0.299. The van der Waals surface area contributed by atoms with Gasteiger partial charge in [0.15, 0.2) is 0 Å². The molecule has 3 heteroatoms. The average molecular weight is 245 g/mol. The summed E-state index contributed by atoms with van der Waals surface area (Å²) in [5.74, 6) is 0.857. The summed E-state index contributed by atoms with van der Waals surface area (Å²) in [5.41, 5.74) is 8.51. The molecule has 1 aliphatic carbocycles. The maximum atomic E-state index is 6.09. The Morgan fingerprint density at radius 3 is 3.00 bits per heavy atom. The fourth-order valence-corrected chi connectivity index (χ4v) is 3.37. The molecule has 0 bridgehead atoms. The SMILES string of the molecule is Nc1ccncc1CC1(C2CC2)CCCCCN1. The summed E-state index contributed by atoms with van der Waals surface area (Å²) in [6.45, 7) is 1.16. The third-order valence-corrected chi connectivity index (χ3v) is 4.58. The minimum Gasteiger partial charge on any atom is -0.398 e. The van der Waals surface area contributed by atoms with Crippen molar-refractivity contribution in [1.82, 2.24) is 10.3 Å². The van der Waals surface area contributed by atoms with Gasteiger partial charge in [0.1, 0.15) is 0 Å². The van der Waals surface area contributed by atoms with Crippen molar-refractivity contribution in [2.75, 3.05) is 12.3 Å². The summed E-state index contributed by atoms with van der Waals surface area (Å²) in [4.78, 5) is 4.24. The van der Waals surface area contributed by atoms with Crippen molar-refractivity contribution >= 4 is 5.69 Å². The second kappa shape index (κ2) is 4.88. The van der Waals surface area contributed by atoms with Crippen LogP contribution in [-0.4, -0.2) is 17.1 Å². The first kappa shape index (κ1) is 12.0. The molecule has 3 nitrogen and oxygen atoms in total. The third kappa shape index (κ3) is 2.37. The second-order valence-electron chi connectivity index (χ2n) is 5.92. The van der Waals surface area contributed by atoms with Gasteiger partial charge >= 0.3 is 0 Å². The molecule has 2 heterocycles. The summed E-state index contributed by atoms with van der Waals surface area (Å²) < 4.78 is 0. The summed E-state index contributed by atoms with van der Waals surface area (Å²) in [6, 6.07) is 1.92. The quantitative estimate of drug-likeness (QED) is 0.860. The molecule has 1 aromatic rings. The van der Waals surface area contributed by atoms with Crippen molar-refractivity contribution in [1.29, 1.82) is 0 Å². The number of nitrogens with zero attached hydrogens (tertiary/aromatic N) is 1. The first-order chi connectivity index (χ1) is 8.80. The fourth-order valence-electron chi connectivity index (χ4n) is 3.37. The molecule has 0 aromatic carbocycles. The van der Waals surface area contributed by atoms with Gasteiger partial charge in [-0.1, -0.05) is 12.8 Å². The van der Waals surface area contributed by atoms with Crippen molar-refractivity contribution in [3.8, 4) is 0 Å². The van der Waals surface area contributed by atoms with E-state index in [2.05, 4.69) is 10.3 Å². The highest BCUT2D eigenvalue weighted by molar-refractivity contribution is 5.45. The Balaban J connectivity index is 1.83. The second-order valence-corrected chi connectivity index (χ2v) is 5.92. The summed E-state index contributed by atoms with van der Waals surface area (Å²) in [5, 5.41) is 3.85. The number of anilines is 1. The van der Waals surface area contributed by atoms with Gasteiger partial charge in [-0.05, 0) is 56.2 Å². The topological polar surface area (TPSA) is 50.9 Å². The van der Waals surface area contributed by atoms with Crippen LogP contribution in [-0.2, 0) is 6.42 Å². The number of aromatic nitrogens is 1. The molecule has 1 saturated carbocycles. The van der Waals surface area contributed by atoms with Crippen molar-refractivity contribution < 1.29 is 0 Å². The number of pyridine rings is 1. The normalized spacial score (nSPS) is 28.9. The molecule has 1 aromatic heterocycles. The van der Waals surface area contributed by atoms with Gasteiger partial charge < -0.3 is 11.1 Å². The first-order valence-electron chi connectivity index (χ1n) is 7.24. The highest BCUT2D eigenvalue weighted by atomic mass is 15.0. The largest absolute Gasteiger partial charge is 0.398 e. The molecule has 1 atom stereocenters. The number of hydrogen-bond acceptors (Lipinski definition) is 3. The number of nitrogens with two attached hydrogens (primary N) is 1. The van der Waals surface area contributed by atoms with E-state index in [0.717, 1.165) is 24.6 Å². The molecule has 98 valence electrons. The summed E-state index contributed by atoms with van der Waals surface area (Å²) in [7, 11) is 0. The zero-order valence-electron chi connectivity index (χ0n) is 11.0. The lowest BCUT2D eigenvalue weighted by atomic mass is 9.82. The summed E-state index contributed by atoms with van der Waals surface area (Å²) >= 11 is 0. The van der Waals surface area contributed by atoms with Crippen LogP contribution in [0.2, 0.25) is 0 Å². The first-order valence-corrected chi connectivity index (χ1v) is 7.24. The Bertz CT molecular complexity index is 404. The Kier molecular flexibility index (Phi) is 3.25. The van der Waals surface area contributed by atoms with Crippen LogP contribution >= 0.6 is 0 Å². The Morgan fingerprint density at radius 2 is 2.22 bits per heavy atom. The fraction of sp³-hybridized carbons (Fsp3) is 0.667. The van der Waals surface area contributed by atoms with E-state index in [0.29, 0.717) is 5.54 Å². The van der Waals surface area contributed by atoms with E-state index in [4.69, 9.17) is 5.73 Å². The highest BCUT2D eigenvalue weighted by Gasteiger charge is 2.44. The average Bonchev–Trinajstić information content (AvgIpc) is 3.18. The van der Waals surface area contributed by atoms with Crippen LogP contribution in [0.4, 0.5) is 5.69 Å². The van der Waals surface area contributed by atoms with E-state index in [-0.39, 0.29) is 0 Å². The lowest BCUT2D eigenvalue weighted by Gasteiger charge is -2.35. The van der Waals surface area contributed by atoms with Crippen LogP contribution in [0.1, 0.15) is 44.1 Å². The molecule has 1 aliphatic heterocycles. The van der Waals surface area contributed by atoms with Crippen molar-refractivity contribution in [2.45, 2.75) is 50.5 Å². The van der Waals surface area contributed by atoms with Crippen LogP contribution in [0, 0.1) is 5.92 Å². The van der Waals surface area contributed by atoms with Crippen molar-refractivity contribution in [3.63, 3.8) is 0 Å². The van der Waals surface area contributed by atoms with Gasteiger partial charge in [-0.25, -0.2) is 0 Å². The molecule has 0 amide bonds. The summed E-state index contributed by atoms with van der Waals surface area (Å²) in [6.07, 6.45) is 12.9. The van der Waals surface area contributed by atoms with Gasteiger partial charge in [0.05, 0.1) is 0 Å². The Morgan fingerprint density at radius 1 is 1.33 bits per heavy atom. The van der Waals surface area contributed by atoms with Crippen molar-refractivity contribution in [2.24, 2.45) is 5.92 Å². The minimum absolute atomic E-state index is 0.299. The van der Waals surface area contributed by atoms with Gasteiger partial charge in [0.25, 0.3) is 0 Å². The molecule has 0 spiro atoms. The molecule has 0 radical (unpaired) electrons. The van der Waals surface area contributed by atoms with E-state index in [1.54, 1.807) is 6.20 Å². The molecule has 3 rings (SSSR count). The predicted octanol–water partition coefficient (Wildman–Crippen LogP) is 2.52. The van der Waals surface area contributed by atoms with Crippen LogP contribution in [0.5, 0.6) is 0 Å². The standard InChI is InChI=1S/C15H23N3/c16-14-6-9-17-11-12(14)10-15(13-4-5-13)7-2-1-3-8-18-15/h6,9,11,13,18H,1-5,7-8,10H2,(H2,16,17). The molecule has 2 fully saturated rings. The molecule has 1 saturated heterocycles. The molecule has 1 unspecified atom stereocenters. The van der Waals surface area contributed by atoms with E-state index in [9.17, 15) is 0 Å². The maximum Gasteiger partial charge on any atom is 0.0378 e. The number of rotatable bonds is 3. The van der Waals surface area contributed by atoms with Gasteiger partial charge in [0.2, 0.25) is 0 Å². The van der Waals surface area contributed by atoms with Gasteiger partial charge in [-0.15, -0.1) is 0 Å². The number of nitrogens with one attached hydrogen (secondary N) is 1. The molecule has 2 aliphatic rings. The van der Waals surface area contributed by atoms with Crippen molar-refractivity contribution in [3.05, 3.63) is 24.0 Å². The van der Waals surface area contributed by atoms with Crippen LogP contribution < -0.4 is 11.1 Å². The molecule has 3 N–H and O–H groups in total. The van der Waals surface area contributed by atoms with Crippen LogP contribution in [0.15, 0.2) is 18.5 Å². The molecule has 18 heavy (non-hydrogen) atoms. The van der Waals surface area contributed by atoms with E-state index >= 15 is 0 Å². The zero-order chi connectivity index (χ0) is 12.4. The van der Waals surface area contributed by atoms with Gasteiger partial charge in [-0.3, -0.25) is 4.98 Å². The molecular formula is C15H23N3. The third-order valence-electron chi connectivity index (χ3n) is 4.58. The van der Waals surface area contributed by atoms with E-state index < -0.39 is 0 Å². The van der Waals surface area contributed by atoms with Crippen LogP contribution in [0.3, 0.4) is 0 Å². The lowest BCUT2D eigenvalue weighted by Crippen LogP contribution is -2.48. The van der Waals surface area contributed by atoms with Gasteiger partial charge in [-0.2, -0.15) is 0 Å². The van der Waals surface area contributed by atoms with Crippen LogP contribution in [0.25, 0.3) is 0 Å². The Labute approximate surface area is 109 Å². The monoisotopic (exact) mass is 245 g/mol. The highest BCUT2D eigenvalue weighted by Crippen LogP contribution is 2.45. The zero-order valence-corrected chi connectivity index (χ0v) is 11.0.